The zero-order chi connectivity index (χ0) is 12.6. The fourth-order valence-corrected chi connectivity index (χ4v) is 6.30. The second kappa shape index (κ2) is 3.09. The molecule has 1 N–H and O–H groups in total. The molecule has 4 saturated carbocycles. The highest BCUT2D eigenvalue weighted by Gasteiger charge is 2.61. The summed E-state index contributed by atoms with van der Waals surface area (Å²) in [5, 5.41) is 3.01. The molecule has 3 nitrogen and oxygen atoms in total. The van der Waals surface area contributed by atoms with E-state index in [4.69, 9.17) is 16.7 Å². The third-order valence-corrected chi connectivity index (χ3v) is 5.74. The molecule has 0 saturated heterocycles. The lowest BCUT2D eigenvalue weighted by Crippen LogP contribution is -2.57. The zero-order valence-electron chi connectivity index (χ0n) is 11.1. The maximum absolute atomic E-state index is 5.20. The summed E-state index contributed by atoms with van der Waals surface area (Å²) in [4.78, 5) is 4.81. The summed E-state index contributed by atoms with van der Waals surface area (Å²) in [5.74, 6) is 1.89. The Hall–Kier alpha value is -0.640. The molecule has 0 aromatic carbocycles. The van der Waals surface area contributed by atoms with Crippen molar-refractivity contribution in [3.63, 3.8) is 0 Å². The molecule has 2 atom stereocenters. The highest BCUT2D eigenvalue weighted by Crippen LogP contribution is 2.69. The van der Waals surface area contributed by atoms with Gasteiger partial charge in [0.1, 0.15) is 5.82 Å². The summed E-state index contributed by atoms with van der Waals surface area (Å²) < 4.78 is 5.20. The van der Waals surface area contributed by atoms with E-state index in [0.717, 1.165) is 11.7 Å². The summed E-state index contributed by atoms with van der Waals surface area (Å²) >= 11 is 5.03. The summed E-state index contributed by atoms with van der Waals surface area (Å²) in [6.07, 6.45) is 7.98. The maximum Gasteiger partial charge on any atom is 0.314 e. The van der Waals surface area contributed by atoms with Gasteiger partial charge < -0.3 is 4.52 Å². The lowest BCUT2D eigenvalue weighted by Gasteiger charge is -2.64. The van der Waals surface area contributed by atoms with Crippen molar-refractivity contribution in [3.8, 4) is 0 Å². The van der Waals surface area contributed by atoms with E-state index in [-0.39, 0.29) is 5.41 Å². The van der Waals surface area contributed by atoms with Crippen molar-refractivity contribution in [3.05, 3.63) is 10.7 Å². The van der Waals surface area contributed by atoms with Crippen LogP contribution in [-0.4, -0.2) is 10.1 Å². The predicted octanol–water partition coefficient (Wildman–Crippen LogP) is 3.98. The average Bonchev–Trinajstić information content (AvgIpc) is 2.59. The quantitative estimate of drug-likeness (QED) is 0.780. The summed E-state index contributed by atoms with van der Waals surface area (Å²) in [6.45, 7) is 4.94. The molecule has 0 radical (unpaired) electrons. The van der Waals surface area contributed by atoms with Crippen molar-refractivity contribution in [2.75, 3.05) is 0 Å². The fraction of sp³-hybridized carbons (Fsp3) is 0.857. The van der Waals surface area contributed by atoms with Crippen LogP contribution in [0.1, 0.15) is 58.2 Å². The molecule has 1 heterocycles. The molecule has 1 aromatic heterocycles. The minimum absolute atomic E-state index is 0.212. The van der Waals surface area contributed by atoms with Gasteiger partial charge in [-0.2, -0.15) is 4.98 Å². The number of nitrogens with one attached hydrogen (secondary N) is 1. The van der Waals surface area contributed by atoms with Gasteiger partial charge in [0.25, 0.3) is 0 Å². The van der Waals surface area contributed by atoms with E-state index >= 15 is 0 Å². The molecule has 0 aliphatic heterocycles. The van der Waals surface area contributed by atoms with E-state index in [1.165, 1.54) is 38.5 Å². The Labute approximate surface area is 112 Å². The first-order valence-corrected chi connectivity index (χ1v) is 7.37. The van der Waals surface area contributed by atoms with Gasteiger partial charge in [-0.25, -0.2) is 5.16 Å². The van der Waals surface area contributed by atoms with E-state index in [1.54, 1.807) is 0 Å². The van der Waals surface area contributed by atoms with Crippen molar-refractivity contribution in [1.29, 1.82) is 0 Å². The van der Waals surface area contributed by atoms with Crippen LogP contribution in [0.3, 0.4) is 0 Å². The van der Waals surface area contributed by atoms with Crippen LogP contribution in [0.5, 0.6) is 0 Å². The smallest absolute Gasteiger partial charge is 0.314 e. The number of hydrogen-bond donors (Lipinski definition) is 1. The number of aromatic amines is 1. The highest BCUT2D eigenvalue weighted by atomic mass is 32.1. The van der Waals surface area contributed by atoms with Crippen LogP contribution in [0.2, 0.25) is 0 Å². The monoisotopic (exact) mass is 264 g/mol. The van der Waals surface area contributed by atoms with Gasteiger partial charge in [0.05, 0.1) is 0 Å². The molecule has 4 aliphatic rings. The van der Waals surface area contributed by atoms with Gasteiger partial charge in [-0.1, -0.05) is 13.8 Å². The minimum Gasteiger partial charge on any atom is -0.348 e. The SMILES string of the molecule is CC12CC3CC(C)(C1)CC(c1nc(=S)o[nH]1)(C3)C2. The average molecular weight is 264 g/mol. The number of hydrogen-bond acceptors (Lipinski definition) is 3. The minimum atomic E-state index is 0.212. The molecule has 4 bridgehead atoms. The molecule has 98 valence electrons. The van der Waals surface area contributed by atoms with Crippen molar-refractivity contribution >= 4 is 12.2 Å². The second-order valence-electron chi connectivity index (χ2n) is 7.84. The van der Waals surface area contributed by atoms with E-state index in [2.05, 4.69) is 24.0 Å². The van der Waals surface area contributed by atoms with Gasteiger partial charge in [0.15, 0.2) is 0 Å². The zero-order valence-corrected chi connectivity index (χ0v) is 11.9. The Bertz CT molecular complexity index is 542. The molecule has 1 aromatic rings. The Balaban J connectivity index is 1.84. The largest absolute Gasteiger partial charge is 0.348 e. The van der Waals surface area contributed by atoms with Gasteiger partial charge >= 0.3 is 4.84 Å². The van der Waals surface area contributed by atoms with Gasteiger partial charge in [-0.3, -0.25) is 0 Å². The van der Waals surface area contributed by atoms with Crippen LogP contribution in [0.15, 0.2) is 4.52 Å². The molecule has 4 aliphatic carbocycles. The second-order valence-corrected chi connectivity index (χ2v) is 8.19. The first-order chi connectivity index (χ1) is 8.41. The van der Waals surface area contributed by atoms with E-state index < -0.39 is 0 Å². The van der Waals surface area contributed by atoms with Crippen molar-refractivity contribution in [1.82, 2.24) is 10.1 Å². The van der Waals surface area contributed by atoms with Crippen LogP contribution >= 0.6 is 12.2 Å². The molecule has 0 spiro atoms. The molecule has 0 amide bonds. The molecule has 2 unspecified atom stereocenters. The lowest BCUT2D eigenvalue weighted by molar-refractivity contribution is -0.113. The third kappa shape index (κ3) is 1.41. The summed E-state index contributed by atoms with van der Waals surface area (Å²) in [7, 11) is 0. The van der Waals surface area contributed by atoms with Gasteiger partial charge in [0, 0.05) is 5.41 Å². The maximum atomic E-state index is 5.20. The number of aromatic nitrogens is 2. The fourth-order valence-electron chi connectivity index (χ4n) is 6.17. The first-order valence-electron chi connectivity index (χ1n) is 6.97. The number of nitrogens with zero attached hydrogens (tertiary/aromatic N) is 1. The Morgan fingerprint density at radius 1 is 1.17 bits per heavy atom. The van der Waals surface area contributed by atoms with Crippen LogP contribution in [0.4, 0.5) is 0 Å². The van der Waals surface area contributed by atoms with Gasteiger partial charge in [-0.05, 0) is 67.5 Å². The third-order valence-electron chi connectivity index (χ3n) is 5.57. The number of H-pyrrole nitrogens is 1. The normalized spacial score (nSPS) is 49.8. The van der Waals surface area contributed by atoms with Gasteiger partial charge in [-0.15, -0.1) is 0 Å². The van der Waals surface area contributed by atoms with Crippen LogP contribution in [0.25, 0.3) is 0 Å². The molecular weight excluding hydrogens is 244 g/mol. The van der Waals surface area contributed by atoms with Crippen LogP contribution < -0.4 is 0 Å². The number of rotatable bonds is 1. The highest BCUT2D eigenvalue weighted by molar-refractivity contribution is 7.71. The summed E-state index contributed by atoms with van der Waals surface area (Å²) in [6, 6.07) is 0. The van der Waals surface area contributed by atoms with Crippen molar-refractivity contribution < 1.29 is 4.52 Å². The summed E-state index contributed by atoms with van der Waals surface area (Å²) in [5.41, 5.74) is 1.22. The first kappa shape index (κ1) is 11.2. The molecule has 18 heavy (non-hydrogen) atoms. The predicted molar refractivity (Wildman–Crippen MR) is 70.8 cm³/mol. The van der Waals surface area contributed by atoms with E-state index in [0.29, 0.717) is 15.7 Å². The lowest BCUT2D eigenvalue weighted by atomic mass is 9.40. The molecule has 5 rings (SSSR count). The molecular formula is C14H20N2OS. The van der Waals surface area contributed by atoms with Crippen molar-refractivity contribution in [2.45, 2.75) is 57.8 Å². The molecule has 4 fully saturated rings. The Morgan fingerprint density at radius 2 is 1.83 bits per heavy atom. The van der Waals surface area contributed by atoms with Crippen LogP contribution in [-0.2, 0) is 5.41 Å². The Morgan fingerprint density at radius 3 is 2.33 bits per heavy atom. The van der Waals surface area contributed by atoms with E-state index in [9.17, 15) is 0 Å². The topological polar surface area (TPSA) is 41.8 Å². The standard InChI is InChI=1S/C14H20N2OS/c1-12-3-9-4-13(2,6-12)8-14(5-9,7-12)10-15-11(18)17-16-10/h9H,3-8H2,1-2H3,(H,15,16,18). The van der Waals surface area contributed by atoms with Gasteiger partial charge in [0.2, 0.25) is 0 Å². The Kier molecular flexibility index (Phi) is 1.92. The van der Waals surface area contributed by atoms with Crippen molar-refractivity contribution in [2.24, 2.45) is 16.7 Å². The van der Waals surface area contributed by atoms with Crippen LogP contribution in [0, 0.1) is 21.6 Å². The molecule has 4 heteroatoms. The van der Waals surface area contributed by atoms with E-state index in [1.807, 2.05) is 0 Å².